The molecule has 2 heterocycles. The number of hydrogen-bond acceptors (Lipinski definition) is 5. The third-order valence-corrected chi connectivity index (χ3v) is 7.77. The molecule has 0 saturated carbocycles. The van der Waals surface area contributed by atoms with Gasteiger partial charge < -0.3 is 0 Å². The number of carbonyl (C=O) groups excluding carboxylic acids is 1. The van der Waals surface area contributed by atoms with Crippen molar-refractivity contribution in [1.29, 1.82) is 0 Å². The van der Waals surface area contributed by atoms with Crippen LogP contribution in [0.5, 0.6) is 0 Å². The van der Waals surface area contributed by atoms with Gasteiger partial charge in [0.15, 0.2) is 5.78 Å². The van der Waals surface area contributed by atoms with Crippen LogP contribution in [0.3, 0.4) is 0 Å². The third-order valence-electron chi connectivity index (χ3n) is 6.56. The van der Waals surface area contributed by atoms with Crippen LogP contribution in [0, 0.1) is 0 Å². The molecule has 0 amide bonds. The first-order valence-electron chi connectivity index (χ1n) is 12.4. The van der Waals surface area contributed by atoms with Gasteiger partial charge in [0.25, 0.3) is 0 Å². The summed E-state index contributed by atoms with van der Waals surface area (Å²) in [7, 11) is 0. The minimum Gasteiger partial charge on any atom is -0.297 e. The van der Waals surface area contributed by atoms with Crippen molar-refractivity contribution in [3.8, 4) is 10.6 Å². The summed E-state index contributed by atoms with van der Waals surface area (Å²) in [5, 5.41) is 1.05. The number of hydrogen-bond donors (Lipinski definition) is 0. The zero-order valence-electron chi connectivity index (χ0n) is 20.0. The molecule has 0 N–H and O–H groups in total. The summed E-state index contributed by atoms with van der Waals surface area (Å²) in [5.74, 6) is 0.195. The number of rotatable bonds is 9. The Morgan fingerprint density at radius 2 is 1.31 bits per heavy atom. The monoisotopic (exact) mass is 481 g/mol. The zero-order chi connectivity index (χ0) is 23.9. The quantitative estimate of drug-likeness (QED) is 0.277. The highest BCUT2D eigenvalue weighted by Crippen LogP contribution is 2.30. The molecule has 5 heteroatoms. The van der Waals surface area contributed by atoms with E-state index in [1.807, 2.05) is 36.4 Å². The highest BCUT2D eigenvalue weighted by atomic mass is 32.1. The van der Waals surface area contributed by atoms with Crippen molar-refractivity contribution in [2.75, 3.05) is 26.2 Å². The van der Waals surface area contributed by atoms with Gasteiger partial charge in [0.2, 0.25) is 0 Å². The normalized spacial score (nSPS) is 14.7. The average molecular weight is 482 g/mol. The van der Waals surface area contributed by atoms with Crippen molar-refractivity contribution in [2.24, 2.45) is 0 Å². The van der Waals surface area contributed by atoms with E-state index >= 15 is 0 Å². The van der Waals surface area contributed by atoms with Gasteiger partial charge >= 0.3 is 0 Å². The molecule has 4 aromatic rings. The molecule has 1 fully saturated rings. The van der Waals surface area contributed by atoms with E-state index in [2.05, 4.69) is 64.4 Å². The van der Waals surface area contributed by atoms with Gasteiger partial charge in [-0.1, -0.05) is 91.0 Å². The standard InChI is InChI=1S/C30H31N3OS/c34-28(25-12-6-2-7-13-25)16-17-29-27(31-30(35-29)26-14-8-3-9-15-26)23-33-20-18-32(19-21-33)22-24-10-4-1-5-11-24/h1-15H,16-23H2. The van der Waals surface area contributed by atoms with Crippen molar-refractivity contribution in [3.63, 3.8) is 0 Å². The Balaban J connectivity index is 1.25. The van der Waals surface area contributed by atoms with E-state index in [-0.39, 0.29) is 5.78 Å². The lowest BCUT2D eigenvalue weighted by molar-refractivity contribution is 0.0982. The van der Waals surface area contributed by atoms with Gasteiger partial charge in [-0.15, -0.1) is 11.3 Å². The zero-order valence-corrected chi connectivity index (χ0v) is 20.8. The smallest absolute Gasteiger partial charge is 0.163 e. The number of Topliss-reactive ketones (excluding diaryl/α,β-unsaturated/α-hetero) is 1. The maximum absolute atomic E-state index is 12.8. The van der Waals surface area contributed by atoms with Gasteiger partial charge in [-0.25, -0.2) is 4.98 Å². The van der Waals surface area contributed by atoms with E-state index in [4.69, 9.17) is 4.98 Å². The van der Waals surface area contributed by atoms with Gasteiger partial charge in [-0.2, -0.15) is 0 Å². The lowest BCUT2D eigenvalue weighted by atomic mass is 10.1. The molecule has 0 unspecified atom stereocenters. The number of carbonyl (C=O) groups is 1. The Kier molecular flexibility index (Phi) is 7.79. The van der Waals surface area contributed by atoms with E-state index < -0.39 is 0 Å². The molecule has 178 valence electrons. The van der Waals surface area contributed by atoms with Crippen LogP contribution in [-0.4, -0.2) is 46.7 Å². The number of ketones is 1. The first kappa shape index (κ1) is 23.6. The fourth-order valence-electron chi connectivity index (χ4n) is 4.56. The SMILES string of the molecule is O=C(CCc1sc(-c2ccccc2)nc1CN1CCN(Cc2ccccc2)CC1)c1ccccc1. The summed E-state index contributed by atoms with van der Waals surface area (Å²) in [4.78, 5) is 24.1. The van der Waals surface area contributed by atoms with Crippen molar-refractivity contribution < 1.29 is 4.79 Å². The number of piperazine rings is 1. The van der Waals surface area contributed by atoms with E-state index in [0.717, 1.165) is 67.5 Å². The van der Waals surface area contributed by atoms with Crippen LogP contribution < -0.4 is 0 Å². The molecular formula is C30H31N3OS. The fraction of sp³-hybridized carbons (Fsp3) is 0.267. The topological polar surface area (TPSA) is 36.4 Å². The summed E-state index contributed by atoms with van der Waals surface area (Å²) in [6.07, 6.45) is 1.25. The molecule has 4 nitrogen and oxygen atoms in total. The summed E-state index contributed by atoms with van der Waals surface area (Å²) in [6.45, 7) is 6.05. The maximum atomic E-state index is 12.8. The van der Waals surface area contributed by atoms with Gasteiger partial charge in [0.05, 0.1) is 5.69 Å². The Hall–Kier alpha value is -3.12. The van der Waals surface area contributed by atoms with Crippen molar-refractivity contribution in [2.45, 2.75) is 25.9 Å². The molecule has 5 rings (SSSR count). The molecule has 0 bridgehead atoms. The number of aryl methyl sites for hydroxylation is 1. The molecule has 1 aliphatic rings. The summed E-state index contributed by atoms with van der Waals surface area (Å²) < 4.78 is 0. The third kappa shape index (κ3) is 6.31. The summed E-state index contributed by atoms with van der Waals surface area (Å²) >= 11 is 1.74. The van der Waals surface area contributed by atoms with Crippen LogP contribution in [0.1, 0.15) is 32.9 Å². The summed E-state index contributed by atoms with van der Waals surface area (Å²) in [6, 6.07) is 30.7. The van der Waals surface area contributed by atoms with E-state index in [0.29, 0.717) is 6.42 Å². The summed E-state index contributed by atoms with van der Waals surface area (Å²) in [5.41, 5.74) is 4.44. The second-order valence-electron chi connectivity index (χ2n) is 9.08. The average Bonchev–Trinajstić information content (AvgIpc) is 3.32. The molecule has 1 saturated heterocycles. The molecule has 1 aliphatic heterocycles. The van der Waals surface area contributed by atoms with Crippen molar-refractivity contribution in [3.05, 3.63) is 113 Å². The maximum Gasteiger partial charge on any atom is 0.163 e. The molecule has 0 aliphatic carbocycles. The Labute approximate surface area is 211 Å². The van der Waals surface area contributed by atoms with Crippen molar-refractivity contribution in [1.82, 2.24) is 14.8 Å². The second-order valence-corrected chi connectivity index (χ2v) is 10.2. The lowest BCUT2D eigenvalue weighted by Crippen LogP contribution is -2.45. The van der Waals surface area contributed by atoms with Crippen LogP contribution in [0.4, 0.5) is 0 Å². The van der Waals surface area contributed by atoms with Gasteiger partial charge in [-0.3, -0.25) is 14.6 Å². The molecule has 1 aromatic heterocycles. The van der Waals surface area contributed by atoms with Crippen LogP contribution >= 0.6 is 11.3 Å². The minimum absolute atomic E-state index is 0.195. The predicted molar refractivity (Wildman–Crippen MR) is 144 cm³/mol. The second kappa shape index (κ2) is 11.5. The van der Waals surface area contributed by atoms with E-state index in [1.54, 1.807) is 11.3 Å². The first-order valence-corrected chi connectivity index (χ1v) is 13.2. The first-order chi connectivity index (χ1) is 17.2. The largest absolute Gasteiger partial charge is 0.297 e. The van der Waals surface area contributed by atoms with E-state index in [9.17, 15) is 4.79 Å². The lowest BCUT2D eigenvalue weighted by Gasteiger charge is -2.34. The highest BCUT2D eigenvalue weighted by Gasteiger charge is 2.21. The minimum atomic E-state index is 0.195. The van der Waals surface area contributed by atoms with Gasteiger partial charge in [-0.05, 0) is 12.0 Å². The molecule has 35 heavy (non-hydrogen) atoms. The molecule has 0 radical (unpaired) electrons. The van der Waals surface area contributed by atoms with E-state index in [1.165, 1.54) is 10.4 Å². The molecule has 0 spiro atoms. The highest BCUT2D eigenvalue weighted by molar-refractivity contribution is 7.15. The van der Waals surface area contributed by atoms with Crippen LogP contribution in [0.25, 0.3) is 10.6 Å². The Morgan fingerprint density at radius 3 is 1.97 bits per heavy atom. The number of aromatic nitrogens is 1. The number of benzene rings is 3. The van der Waals surface area contributed by atoms with Crippen molar-refractivity contribution >= 4 is 17.1 Å². The molecular weight excluding hydrogens is 450 g/mol. The van der Waals surface area contributed by atoms with Crippen LogP contribution in [-0.2, 0) is 19.5 Å². The van der Waals surface area contributed by atoms with Crippen LogP contribution in [0.15, 0.2) is 91.0 Å². The number of nitrogens with zero attached hydrogens (tertiary/aromatic N) is 3. The molecule has 3 aromatic carbocycles. The molecule has 0 atom stereocenters. The fourth-order valence-corrected chi connectivity index (χ4v) is 5.64. The van der Waals surface area contributed by atoms with Gasteiger partial charge in [0.1, 0.15) is 5.01 Å². The Morgan fingerprint density at radius 1 is 0.743 bits per heavy atom. The number of thiazole rings is 1. The van der Waals surface area contributed by atoms with Crippen LogP contribution in [0.2, 0.25) is 0 Å². The Bertz CT molecular complexity index is 1220. The van der Waals surface area contributed by atoms with Gasteiger partial charge in [0, 0.05) is 61.7 Å². The predicted octanol–water partition coefficient (Wildman–Crippen LogP) is 5.94.